The molecular formula is C25H22N2O6. The van der Waals surface area contributed by atoms with Gasteiger partial charge >= 0.3 is 0 Å². The Bertz CT molecular complexity index is 1200. The fraction of sp³-hybridized carbons (Fsp3) is 0.200. The molecule has 0 unspecified atom stereocenters. The summed E-state index contributed by atoms with van der Waals surface area (Å²) in [4.78, 5) is 34.2. The molecule has 2 aliphatic heterocycles. The van der Waals surface area contributed by atoms with Crippen molar-refractivity contribution < 1.29 is 29.0 Å². The van der Waals surface area contributed by atoms with Gasteiger partial charge < -0.3 is 14.6 Å². The van der Waals surface area contributed by atoms with Gasteiger partial charge in [0.25, 0.3) is 5.91 Å². The highest BCUT2D eigenvalue weighted by atomic mass is 16.7. The molecule has 0 radical (unpaired) electrons. The van der Waals surface area contributed by atoms with Crippen molar-refractivity contribution in [2.45, 2.75) is 12.1 Å². The smallest absolute Gasteiger partial charge is 0.266 e. The number of phenolic OH excluding ortho intramolecular Hbond substituents is 1. The molecule has 2 saturated heterocycles. The van der Waals surface area contributed by atoms with Gasteiger partial charge in [0.05, 0.1) is 31.6 Å². The molecule has 1 N–H and O–H groups in total. The summed E-state index contributed by atoms with van der Waals surface area (Å²) in [5.74, 6) is -0.688. The highest BCUT2D eigenvalue weighted by Gasteiger charge is 2.60. The molecule has 2 heterocycles. The van der Waals surface area contributed by atoms with Crippen LogP contribution in [0, 0.1) is 5.92 Å². The second-order valence-corrected chi connectivity index (χ2v) is 7.80. The maximum absolute atomic E-state index is 13.6. The fourth-order valence-corrected chi connectivity index (χ4v) is 4.42. The molecule has 0 aliphatic carbocycles. The lowest BCUT2D eigenvalue weighted by Crippen LogP contribution is -2.37. The topological polar surface area (TPSA) is 88.5 Å². The predicted octanol–water partition coefficient (Wildman–Crippen LogP) is 3.46. The van der Waals surface area contributed by atoms with Gasteiger partial charge in [-0.15, -0.1) is 0 Å². The van der Waals surface area contributed by atoms with E-state index in [4.69, 9.17) is 14.3 Å². The number of rotatable bonds is 5. The number of benzene rings is 3. The molecule has 2 fully saturated rings. The van der Waals surface area contributed by atoms with E-state index in [1.807, 2.05) is 30.3 Å². The molecule has 3 atom stereocenters. The van der Waals surface area contributed by atoms with Crippen molar-refractivity contribution in [3.05, 3.63) is 78.4 Å². The van der Waals surface area contributed by atoms with Crippen LogP contribution in [0.3, 0.4) is 0 Å². The molecule has 3 aromatic rings. The summed E-state index contributed by atoms with van der Waals surface area (Å²) in [6.07, 6.45) is -0.982. The van der Waals surface area contributed by atoms with E-state index in [0.717, 1.165) is 0 Å². The van der Waals surface area contributed by atoms with E-state index in [9.17, 15) is 14.7 Å². The number of anilines is 2. The van der Waals surface area contributed by atoms with E-state index >= 15 is 0 Å². The maximum Gasteiger partial charge on any atom is 0.266 e. The van der Waals surface area contributed by atoms with Gasteiger partial charge in [0, 0.05) is 0 Å². The van der Waals surface area contributed by atoms with Crippen LogP contribution >= 0.6 is 0 Å². The molecule has 2 aliphatic rings. The Kier molecular flexibility index (Phi) is 5.14. The zero-order valence-electron chi connectivity index (χ0n) is 18.0. The normalized spacial score (nSPS) is 21.9. The van der Waals surface area contributed by atoms with Gasteiger partial charge in [-0.3, -0.25) is 14.4 Å². The fourth-order valence-electron chi connectivity index (χ4n) is 4.42. The SMILES string of the molecule is COc1ccc(N2C(=O)[C@H]3[C@H](ON(c4ccccc4)[C@H]3c3ccc(O)c(OC)c3)C2=O)cc1. The number of hydrogen-bond acceptors (Lipinski definition) is 7. The van der Waals surface area contributed by atoms with Crippen molar-refractivity contribution in [2.75, 3.05) is 24.2 Å². The second-order valence-electron chi connectivity index (χ2n) is 7.80. The number of fused-ring (bicyclic) bond motifs is 1. The van der Waals surface area contributed by atoms with Crippen LogP contribution < -0.4 is 19.4 Å². The molecule has 2 amide bonds. The molecule has 3 aromatic carbocycles. The van der Waals surface area contributed by atoms with Gasteiger partial charge in [0.1, 0.15) is 11.7 Å². The number of aromatic hydroxyl groups is 1. The summed E-state index contributed by atoms with van der Waals surface area (Å²) in [5, 5.41) is 11.7. The van der Waals surface area contributed by atoms with Crippen LogP contribution in [0.25, 0.3) is 0 Å². The van der Waals surface area contributed by atoms with Crippen LogP contribution in [0.4, 0.5) is 11.4 Å². The van der Waals surface area contributed by atoms with Crippen molar-refractivity contribution in [1.82, 2.24) is 0 Å². The van der Waals surface area contributed by atoms with Crippen LogP contribution in [0.5, 0.6) is 17.2 Å². The van der Waals surface area contributed by atoms with Gasteiger partial charge in [-0.05, 0) is 54.1 Å². The van der Waals surface area contributed by atoms with Crippen LogP contribution in [0.1, 0.15) is 11.6 Å². The zero-order valence-corrected chi connectivity index (χ0v) is 18.0. The van der Waals surface area contributed by atoms with Crippen LogP contribution in [-0.2, 0) is 14.4 Å². The minimum absolute atomic E-state index is 0.0170. The summed E-state index contributed by atoms with van der Waals surface area (Å²) < 4.78 is 10.5. The Balaban J connectivity index is 1.58. The van der Waals surface area contributed by atoms with E-state index in [1.54, 1.807) is 48.6 Å². The number of ether oxygens (including phenoxy) is 2. The first kappa shape index (κ1) is 20.8. The molecule has 0 spiro atoms. The van der Waals surface area contributed by atoms with Gasteiger partial charge in [-0.1, -0.05) is 24.3 Å². The summed E-state index contributed by atoms with van der Waals surface area (Å²) in [5.41, 5.74) is 1.84. The third kappa shape index (κ3) is 3.35. The van der Waals surface area contributed by atoms with E-state index < -0.39 is 24.0 Å². The minimum atomic E-state index is -0.982. The van der Waals surface area contributed by atoms with Crippen LogP contribution in [-0.4, -0.2) is 37.2 Å². The lowest BCUT2D eigenvalue weighted by Gasteiger charge is -2.29. The molecule has 0 bridgehead atoms. The summed E-state index contributed by atoms with van der Waals surface area (Å²) in [6, 6.07) is 20.3. The Hall–Kier alpha value is -4.04. The lowest BCUT2D eigenvalue weighted by atomic mass is 9.90. The molecular weight excluding hydrogens is 424 g/mol. The number of imide groups is 1. The van der Waals surface area contributed by atoms with E-state index in [2.05, 4.69) is 0 Å². The van der Waals surface area contributed by atoms with E-state index in [1.165, 1.54) is 18.1 Å². The average molecular weight is 446 g/mol. The predicted molar refractivity (Wildman–Crippen MR) is 120 cm³/mol. The highest BCUT2D eigenvalue weighted by Crippen LogP contribution is 2.48. The van der Waals surface area contributed by atoms with Crippen molar-refractivity contribution in [3.63, 3.8) is 0 Å². The van der Waals surface area contributed by atoms with Crippen molar-refractivity contribution >= 4 is 23.2 Å². The number of hydrogen-bond donors (Lipinski definition) is 1. The standard InChI is InChI=1S/C25H22N2O6/c1-31-18-11-9-16(10-12-18)26-24(29)21-22(15-8-13-19(28)20(14-15)32-2)27(33-23(21)25(26)30)17-6-4-3-5-7-17/h3-14,21-23,28H,1-2H3/t21-,22+,23+/m1/s1. The van der Waals surface area contributed by atoms with Crippen molar-refractivity contribution in [1.29, 1.82) is 0 Å². The largest absolute Gasteiger partial charge is 0.504 e. The number of phenols is 1. The van der Waals surface area contributed by atoms with E-state index in [0.29, 0.717) is 22.7 Å². The monoisotopic (exact) mass is 446 g/mol. The van der Waals surface area contributed by atoms with Crippen molar-refractivity contribution in [2.24, 2.45) is 5.92 Å². The first-order chi connectivity index (χ1) is 16.0. The van der Waals surface area contributed by atoms with Gasteiger partial charge in [0.15, 0.2) is 17.6 Å². The van der Waals surface area contributed by atoms with Crippen LogP contribution in [0.2, 0.25) is 0 Å². The number of carbonyl (C=O) groups excluding carboxylic acids is 2. The minimum Gasteiger partial charge on any atom is -0.504 e. The quantitative estimate of drug-likeness (QED) is 0.601. The summed E-state index contributed by atoms with van der Waals surface area (Å²) in [6.45, 7) is 0. The number of carbonyl (C=O) groups is 2. The second kappa shape index (κ2) is 8.14. The van der Waals surface area contributed by atoms with E-state index in [-0.39, 0.29) is 17.4 Å². The molecule has 0 aromatic heterocycles. The molecule has 168 valence electrons. The lowest BCUT2D eigenvalue weighted by molar-refractivity contribution is -0.126. The molecule has 0 saturated carbocycles. The highest BCUT2D eigenvalue weighted by molar-refractivity contribution is 6.23. The first-order valence-corrected chi connectivity index (χ1v) is 10.4. The summed E-state index contributed by atoms with van der Waals surface area (Å²) >= 11 is 0. The number of methoxy groups -OCH3 is 2. The Morgan fingerprint density at radius 2 is 1.58 bits per heavy atom. The molecule has 33 heavy (non-hydrogen) atoms. The molecule has 5 rings (SSSR count). The molecule has 8 nitrogen and oxygen atoms in total. The Morgan fingerprint density at radius 1 is 0.848 bits per heavy atom. The Morgan fingerprint density at radius 3 is 2.24 bits per heavy atom. The first-order valence-electron chi connectivity index (χ1n) is 10.4. The van der Waals surface area contributed by atoms with Gasteiger partial charge in [-0.2, -0.15) is 0 Å². The number of hydroxylamine groups is 1. The number of nitrogens with zero attached hydrogens (tertiary/aromatic N) is 2. The average Bonchev–Trinajstić information content (AvgIpc) is 3.36. The summed E-state index contributed by atoms with van der Waals surface area (Å²) in [7, 11) is 3.01. The van der Waals surface area contributed by atoms with Gasteiger partial charge in [0.2, 0.25) is 5.91 Å². The number of amides is 2. The zero-order chi connectivity index (χ0) is 23.1. The maximum atomic E-state index is 13.6. The molecule has 8 heteroatoms. The van der Waals surface area contributed by atoms with Gasteiger partial charge in [-0.25, -0.2) is 9.96 Å². The Labute approximate surface area is 190 Å². The van der Waals surface area contributed by atoms with Crippen molar-refractivity contribution in [3.8, 4) is 17.2 Å². The third-order valence-corrected chi connectivity index (χ3v) is 6.00. The van der Waals surface area contributed by atoms with Crippen LogP contribution in [0.15, 0.2) is 72.8 Å². The number of para-hydroxylation sites is 1. The third-order valence-electron chi connectivity index (χ3n) is 6.00.